The molecule has 0 fully saturated rings. The minimum atomic E-state index is -0.267. The molecule has 0 atom stereocenters. The molecule has 102 heavy (non-hydrogen) atoms. The zero-order valence-corrected chi connectivity index (χ0v) is 68.3. The number of aromatic nitrogens is 4. The summed E-state index contributed by atoms with van der Waals surface area (Å²) >= 11 is 13.3. The molecule has 3 aromatic carbocycles. The van der Waals surface area contributed by atoms with Gasteiger partial charge >= 0.3 is 0 Å². The molecule has 0 unspecified atom stereocenters. The van der Waals surface area contributed by atoms with Gasteiger partial charge in [0.1, 0.15) is 33.7 Å². The first-order valence-electron chi connectivity index (χ1n) is 39.9. The second kappa shape index (κ2) is 36.3. The molecular formula is C88H108F2N4S8. The number of unbranched alkanes of at least 4 members (excludes halogenated alkanes) is 26. The Labute approximate surface area is 641 Å². The van der Waals surface area contributed by atoms with Crippen LogP contribution in [-0.2, 0) is 23.7 Å². The Morgan fingerprint density at radius 3 is 0.941 bits per heavy atom. The lowest BCUT2D eigenvalue weighted by Gasteiger charge is -2.34. The normalized spacial score (nSPS) is 13.6. The van der Waals surface area contributed by atoms with Crippen LogP contribution in [0, 0.1) is 11.6 Å². The van der Waals surface area contributed by atoms with E-state index in [1.807, 2.05) is 45.3 Å². The number of hydrogen-bond acceptors (Lipinski definition) is 12. The van der Waals surface area contributed by atoms with Crippen molar-refractivity contribution in [1.82, 2.24) is 17.5 Å². The van der Waals surface area contributed by atoms with Crippen molar-refractivity contribution in [3.8, 4) is 82.2 Å². The van der Waals surface area contributed by atoms with Crippen LogP contribution in [0.15, 0.2) is 84.9 Å². The predicted molar refractivity (Wildman–Crippen MR) is 448 cm³/mol. The van der Waals surface area contributed by atoms with E-state index in [1.165, 1.54) is 276 Å². The number of rotatable bonds is 44. The Morgan fingerprint density at radius 2 is 0.578 bits per heavy atom. The molecule has 0 aliphatic heterocycles. The number of thiophene rings is 6. The first kappa shape index (κ1) is 75.6. The summed E-state index contributed by atoms with van der Waals surface area (Å²) in [5, 5.41) is 0. The van der Waals surface area contributed by atoms with Crippen molar-refractivity contribution in [3.63, 3.8) is 0 Å². The Bertz CT molecular complexity index is 4180. The maximum absolute atomic E-state index is 18.0. The number of nitrogens with zero attached hydrogens (tertiary/aromatic N) is 4. The molecule has 11 aromatic rings. The van der Waals surface area contributed by atoms with Gasteiger partial charge in [0.2, 0.25) is 0 Å². The topological polar surface area (TPSA) is 51.6 Å². The van der Waals surface area contributed by atoms with Crippen LogP contribution in [0.4, 0.5) is 8.78 Å². The molecule has 0 spiro atoms. The zero-order chi connectivity index (χ0) is 70.4. The third kappa shape index (κ3) is 16.4. The van der Waals surface area contributed by atoms with E-state index in [2.05, 4.69) is 114 Å². The maximum atomic E-state index is 18.0. The number of halogens is 2. The summed E-state index contributed by atoms with van der Waals surface area (Å²) in [6.07, 6.45) is 46.0. The molecule has 0 amide bonds. The highest BCUT2D eigenvalue weighted by Gasteiger charge is 2.50. The average molecular weight is 1520 g/mol. The van der Waals surface area contributed by atoms with E-state index in [1.54, 1.807) is 34.8 Å². The van der Waals surface area contributed by atoms with Gasteiger partial charge in [-0.15, -0.1) is 68.0 Å². The van der Waals surface area contributed by atoms with Crippen molar-refractivity contribution in [2.75, 3.05) is 0 Å². The van der Waals surface area contributed by atoms with Gasteiger partial charge in [-0.05, 0) is 170 Å². The molecule has 542 valence electrons. The highest BCUT2D eigenvalue weighted by atomic mass is 32.1. The largest absolute Gasteiger partial charge is 0.206 e. The van der Waals surface area contributed by atoms with Gasteiger partial charge in [0.15, 0.2) is 0 Å². The molecular weight excluding hydrogens is 1410 g/mol. The van der Waals surface area contributed by atoms with Gasteiger partial charge < -0.3 is 0 Å². The SMILES string of the molecule is CCCCCCCCC1(CCCCCCCC)c2cc3c(cc2-c2sc(-c4c(F)cc(-c5ccc(-c6ccc(CCCCCC)s6)s5)c5nsnc45)cc21)C(CCCCCCCC)(CCCCCCCC)c1cc(-c2c(F)cc(-c4ccc(-c5ccc(CCCCCC)s5)s4)c4nsnc24)sc1-3. The molecule has 0 radical (unpaired) electrons. The first-order chi connectivity index (χ1) is 50.1. The summed E-state index contributed by atoms with van der Waals surface area (Å²) < 4.78 is 56.1. The molecule has 13 rings (SSSR count). The van der Waals surface area contributed by atoms with Crippen molar-refractivity contribution < 1.29 is 8.78 Å². The molecule has 2 aliphatic carbocycles. The highest BCUT2D eigenvalue weighted by molar-refractivity contribution is 7.24. The minimum absolute atomic E-state index is 0.220. The van der Waals surface area contributed by atoms with Gasteiger partial charge in [0, 0.05) is 80.5 Å². The molecule has 8 heterocycles. The Hall–Kier alpha value is -4.64. The van der Waals surface area contributed by atoms with E-state index in [0.29, 0.717) is 22.2 Å². The van der Waals surface area contributed by atoms with Gasteiger partial charge in [-0.1, -0.05) is 234 Å². The third-order valence-electron chi connectivity index (χ3n) is 22.6. The van der Waals surface area contributed by atoms with Crippen LogP contribution in [0.1, 0.15) is 305 Å². The van der Waals surface area contributed by atoms with Crippen LogP contribution >= 0.6 is 91.5 Å². The maximum Gasteiger partial charge on any atom is 0.134 e. The Morgan fingerprint density at radius 1 is 0.275 bits per heavy atom. The summed E-state index contributed by atoms with van der Waals surface area (Å²) in [6, 6.07) is 31.8. The summed E-state index contributed by atoms with van der Waals surface area (Å²) in [7, 11) is 0. The van der Waals surface area contributed by atoms with Crippen LogP contribution in [-0.4, -0.2) is 17.5 Å². The van der Waals surface area contributed by atoms with Crippen LogP contribution in [0.25, 0.3) is 104 Å². The van der Waals surface area contributed by atoms with Gasteiger partial charge in [-0.25, -0.2) is 8.78 Å². The number of hydrogen-bond donors (Lipinski definition) is 0. The molecule has 14 heteroatoms. The number of benzene rings is 3. The van der Waals surface area contributed by atoms with Crippen LogP contribution in [0.5, 0.6) is 0 Å². The molecule has 4 nitrogen and oxygen atoms in total. The second-order valence-electron chi connectivity index (χ2n) is 29.9. The second-order valence-corrected chi connectivity index (χ2v) is 37.5. The lowest BCUT2D eigenvalue weighted by atomic mass is 9.68. The summed E-state index contributed by atoms with van der Waals surface area (Å²) in [5.41, 5.74) is 13.7. The summed E-state index contributed by atoms with van der Waals surface area (Å²) in [4.78, 5) is 14.5. The van der Waals surface area contributed by atoms with Crippen molar-refractivity contribution in [1.29, 1.82) is 0 Å². The standard InChI is InChI=1S/C88H108F2N4S8/c1-7-13-19-25-29-35-49-87(50-36-30-26-20-14-8-2)65-53-62-66(54-61(65)85-67(87)57-77(99-85)79-69(89)55-63(81-83(79)93-101-91-81)71-45-47-75(97-71)73-43-41-59(95-73)39-33-23-17-11-5)88(51-37-31-27-21-15-9-3,52-38-32-28-22-16-10-4)68-58-78(100-86(62)68)80-70(90)56-64(82-84(80)94-102-92-82)72-46-48-76(98-72)74-44-42-60(96-74)40-34-24-18-12-6/h41-48,53-58H,7-40,49-52H2,1-6H3. The van der Waals surface area contributed by atoms with Gasteiger partial charge in [0.05, 0.1) is 34.6 Å². The zero-order valence-electron chi connectivity index (χ0n) is 61.8. The van der Waals surface area contributed by atoms with Crippen LogP contribution < -0.4 is 0 Å². The molecule has 0 bridgehead atoms. The quantitative estimate of drug-likeness (QED) is 0.0357. The van der Waals surface area contributed by atoms with E-state index in [4.69, 9.17) is 17.5 Å². The average Bonchev–Trinajstić information content (AvgIpc) is 1.52. The molecule has 2 aliphatic rings. The number of fused-ring (bicyclic) bond motifs is 8. The fraction of sp³-hybridized carbons (Fsp3) is 0.523. The lowest BCUT2D eigenvalue weighted by Crippen LogP contribution is -2.27. The summed E-state index contributed by atoms with van der Waals surface area (Å²) in [6.45, 7) is 13.8. The Balaban J connectivity index is 0.933. The van der Waals surface area contributed by atoms with Gasteiger partial charge in [-0.3, -0.25) is 0 Å². The summed E-state index contributed by atoms with van der Waals surface area (Å²) in [5.74, 6) is -0.440. The van der Waals surface area contributed by atoms with Crippen LogP contribution in [0.2, 0.25) is 0 Å². The third-order valence-corrected chi connectivity index (χ3v) is 30.9. The van der Waals surface area contributed by atoms with Crippen LogP contribution in [0.3, 0.4) is 0 Å². The van der Waals surface area contributed by atoms with Crippen molar-refractivity contribution in [2.24, 2.45) is 0 Å². The Kier molecular flexibility index (Phi) is 26.9. The molecule has 0 saturated heterocycles. The molecule has 8 aromatic heterocycles. The predicted octanol–water partition coefficient (Wildman–Crippen LogP) is 32.1. The molecule has 0 N–H and O–H groups in total. The van der Waals surface area contributed by atoms with E-state index in [9.17, 15) is 0 Å². The van der Waals surface area contributed by atoms with Gasteiger partial charge in [0.25, 0.3) is 0 Å². The smallest absolute Gasteiger partial charge is 0.134 e. The fourth-order valence-corrected chi connectivity index (χ4v) is 25.1. The van der Waals surface area contributed by atoms with Crippen molar-refractivity contribution in [3.05, 3.63) is 129 Å². The first-order valence-corrected chi connectivity index (χ1v) is 46.3. The van der Waals surface area contributed by atoms with E-state index in [-0.39, 0.29) is 22.5 Å². The molecule has 0 saturated carbocycles. The van der Waals surface area contributed by atoms with E-state index >= 15 is 8.78 Å². The van der Waals surface area contributed by atoms with Gasteiger partial charge in [-0.2, -0.15) is 17.5 Å². The van der Waals surface area contributed by atoms with E-state index < -0.39 is 0 Å². The minimum Gasteiger partial charge on any atom is -0.206 e. The lowest BCUT2D eigenvalue weighted by molar-refractivity contribution is 0.395. The number of aryl methyl sites for hydroxylation is 2. The fourth-order valence-electron chi connectivity index (χ4n) is 17.0. The van der Waals surface area contributed by atoms with Crippen molar-refractivity contribution >= 4 is 114 Å². The van der Waals surface area contributed by atoms with E-state index in [0.717, 1.165) is 106 Å². The van der Waals surface area contributed by atoms with Crippen molar-refractivity contribution in [2.45, 2.75) is 296 Å². The highest BCUT2D eigenvalue weighted by Crippen LogP contribution is 2.65. The monoisotopic (exact) mass is 1510 g/mol.